The lowest BCUT2D eigenvalue weighted by atomic mass is 10.1. The van der Waals surface area contributed by atoms with Crippen LogP contribution in [0, 0.1) is 0 Å². The predicted molar refractivity (Wildman–Crippen MR) is 139 cm³/mol. The van der Waals surface area contributed by atoms with Crippen molar-refractivity contribution in [3.8, 4) is 5.69 Å². The van der Waals surface area contributed by atoms with Gasteiger partial charge < -0.3 is 15.4 Å². The number of anilines is 1. The van der Waals surface area contributed by atoms with Gasteiger partial charge in [0.2, 0.25) is 5.95 Å². The van der Waals surface area contributed by atoms with Gasteiger partial charge >= 0.3 is 0 Å². The summed E-state index contributed by atoms with van der Waals surface area (Å²) in [7, 11) is 0. The Hall–Kier alpha value is -3.34. The molecule has 0 atom stereocenters. The number of aromatic nitrogens is 6. The van der Waals surface area contributed by atoms with Crippen LogP contribution in [0.15, 0.2) is 48.9 Å². The van der Waals surface area contributed by atoms with Gasteiger partial charge in [-0.1, -0.05) is 32.0 Å². The standard InChI is InChI=1S/C26H35N9O/c1-20(2)22-18-30-35-25(22)31-24(19-27-9-5-11-33-13-15-36-16-14-33)32-26(35)28-17-21-7-3-4-8-23(21)34-12-6-10-29-34/h3-4,6-8,10,12,18,20,27H,5,9,11,13-17,19H2,1-2H3,(H,28,31,32). The summed E-state index contributed by atoms with van der Waals surface area (Å²) in [5.74, 6) is 1.77. The molecule has 190 valence electrons. The molecule has 10 nitrogen and oxygen atoms in total. The molecule has 1 fully saturated rings. The van der Waals surface area contributed by atoms with Gasteiger partial charge in [0.25, 0.3) is 0 Å². The lowest BCUT2D eigenvalue weighted by Crippen LogP contribution is -2.37. The van der Waals surface area contributed by atoms with E-state index in [4.69, 9.17) is 14.7 Å². The molecule has 0 radical (unpaired) electrons. The topological polar surface area (TPSA) is 97.4 Å². The molecule has 0 spiro atoms. The maximum absolute atomic E-state index is 5.43. The predicted octanol–water partition coefficient (Wildman–Crippen LogP) is 2.86. The Morgan fingerprint density at radius 1 is 1.03 bits per heavy atom. The minimum absolute atomic E-state index is 0.320. The number of morpholine rings is 1. The van der Waals surface area contributed by atoms with Crippen molar-refractivity contribution in [3.05, 3.63) is 65.9 Å². The molecule has 1 aliphatic heterocycles. The molecular formula is C26H35N9O. The van der Waals surface area contributed by atoms with Gasteiger partial charge in [0, 0.05) is 37.6 Å². The van der Waals surface area contributed by atoms with Crippen LogP contribution >= 0.6 is 0 Å². The fourth-order valence-corrected chi connectivity index (χ4v) is 4.46. The second-order valence-corrected chi connectivity index (χ2v) is 9.37. The first-order valence-electron chi connectivity index (χ1n) is 12.8. The fraction of sp³-hybridized carbons (Fsp3) is 0.462. The van der Waals surface area contributed by atoms with Crippen LogP contribution in [0.25, 0.3) is 11.3 Å². The van der Waals surface area contributed by atoms with Crippen LogP contribution in [0.4, 0.5) is 5.95 Å². The largest absolute Gasteiger partial charge is 0.379 e. The van der Waals surface area contributed by atoms with Crippen molar-refractivity contribution in [1.29, 1.82) is 0 Å². The van der Waals surface area contributed by atoms with E-state index in [0.29, 0.717) is 25.0 Å². The fourth-order valence-electron chi connectivity index (χ4n) is 4.46. The van der Waals surface area contributed by atoms with Crippen LogP contribution in [-0.4, -0.2) is 73.7 Å². The van der Waals surface area contributed by atoms with Crippen molar-refractivity contribution < 1.29 is 4.74 Å². The highest BCUT2D eigenvalue weighted by Gasteiger charge is 2.16. The van der Waals surface area contributed by atoms with E-state index in [-0.39, 0.29) is 0 Å². The highest BCUT2D eigenvalue weighted by atomic mass is 16.5. The summed E-state index contributed by atoms with van der Waals surface area (Å²) < 4.78 is 9.13. The third-order valence-electron chi connectivity index (χ3n) is 6.46. The van der Waals surface area contributed by atoms with Crippen LogP contribution in [-0.2, 0) is 17.8 Å². The van der Waals surface area contributed by atoms with Crippen LogP contribution in [0.1, 0.15) is 43.1 Å². The Morgan fingerprint density at radius 3 is 2.69 bits per heavy atom. The van der Waals surface area contributed by atoms with Crippen molar-refractivity contribution in [2.75, 3.05) is 44.7 Å². The Kier molecular flexibility index (Phi) is 7.85. The maximum atomic E-state index is 5.43. The highest BCUT2D eigenvalue weighted by molar-refractivity contribution is 5.52. The van der Waals surface area contributed by atoms with E-state index in [0.717, 1.165) is 74.1 Å². The summed E-state index contributed by atoms with van der Waals surface area (Å²) in [6.45, 7) is 11.3. The summed E-state index contributed by atoms with van der Waals surface area (Å²) in [6.07, 6.45) is 6.72. The first-order valence-corrected chi connectivity index (χ1v) is 12.8. The molecule has 1 aromatic carbocycles. The minimum atomic E-state index is 0.320. The van der Waals surface area contributed by atoms with E-state index in [1.54, 1.807) is 6.20 Å². The third-order valence-corrected chi connectivity index (χ3v) is 6.46. The number of nitrogens with zero attached hydrogens (tertiary/aromatic N) is 7. The molecule has 36 heavy (non-hydrogen) atoms. The van der Waals surface area contributed by atoms with Crippen molar-refractivity contribution in [1.82, 2.24) is 39.6 Å². The number of rotatable bonds is 11. The average molecular weight is 490 g/mol. The monoisotopic (exact) mass is 489 g/mol. The summed E-state index contributed by atoms with van der Waals surface area (Å²) in [5.41, 5.74) is 4.12. The Morgan fingerprint density at radius 2 is 1.89 bits per heavy atom. The van der Waals surface area contributed by atoms with E-state index >= 15 is 0 Å². The van der Waals surface area contributed by atoms with Gasteiger partial charge in [-0.05, 0) is 43.1 Å². The molecule has 0 bridgehead atoms. The van der Waals surface area contributed by atoms with Crippen LogP contribution in [0.2, 0.25) is 0 Å². The van der Waals surface area contributed by atoms with Crippen molar-refractivity contribution in [2.24, 2.45) is 0 Å². The van der Waals surface area contributed by atoms with E-state index in [9.17, 15) is 0 Å². The lowest BCUT2D eigenvalue weighted by molar-refractivity contribution is 0.0374. The Bertz CT molecular complexity index is 1250. The van der Waals surface area contributed by atoms with Crippen LogP contribution < -0.4 is 10.6 Å². The van der Waals surface area contributed by atoms with Crippen LogP contribution in [0.5, 0.6) is 0 Å². The number of nitrogens with one attached hydrogen (secondary N) is 2. The molecule has 0 saturated carbocycles. The number of hydrogen-bond donors (Lipinski definition) is 2. The molecule has 4 aromatic rings. The SMILES string of the molecule is CC(C)c1cnn2c(NCc3ccccc3-n3cccn3)nc(CNCCCN3CCOCC3)nc12. The number of para-hydroxylation sites is 1. The minimum Gasteiger partial charge on any atom is -0.379 e. The van der Waals surface area contributed by atoms with Gasteiger partial charge in [-0.2, -0.15) is 19.7 Å². The van der Waals surface area contributed by atoms with Crippen molar-refractivity contribution >= 4 is 11.6 Å². The molecule has 3 aromatic heterocycles. The summed E-state index contributed by atoms with van der Waals surface area (Å²) in [4.78, 5) is 12.2. The second kappa shape index (κ2) is 11.6. The molecule has 0 amide bonds. The number of benzene rings is 1. The average Bonchev–Trinajstić information content (AvgIpc) is 3.58. The Balaban J connectivity index is 1.29. The van der Waals surface area contributed by atoms with Crippen molar-refractivity contribution in [3.63, 3.8) is 0 Å². The lowest BCUT2D eigenvalue weighted by Gasteiger charge is -2.26. The number of fused-ring (bicyclic) bond motifs is 1. The maximum Gasteiger partial charge on any atom is 0.227 e. The zero-order valence-electron chi connectivity index (χ0n) is 21.1. The van der Waals surface area contributed by atoms with Gasteiger partial charge in [0.1, 0.15) is 5.82 Å². The molecule has 5 rings (SSSR count). The second-order valence-electron chi connectivity index (χ2n) is 9.37. The van der Waals surface area contributed by atoms with E-state index < -0.39 is 0 Å². The van der Waals surface area contributed by atoms with Crippen LogP contribution in [0.3, 0.4) is 0 Å². The molecule has 0 unspecified atom stereocenters. The Labute approximate surface area is 211 Å². The van der Waals surface area contributed by atoms with Gasteiger partial charge in [-0.3, -0.25) is 4.90 Å². The molecule has 2 N–H and O–H groups in total. The highest BCUT2D eigenvalue weighted by Crippen LogP contribution is 2.22. The molecule has 4 heterocycles. The van der Waals surface area contributed by atoms with E-state index in [1.807, 2.05) is 39.8 Å². The van der Waals surface area contributed by atoms with Crippen molar-refractivity contribution in [2.45, 2.75) is 39.3 Å². The zero-order valence-corrected chi connectivity index (χ0v) is 21.1. The summed E-state index contributed by atoms with van der Waals surface area (Å²) in [6, 6.07) is 10.2. The number of ether oxygens (including phenoxy) is 1. The molecule has 1 saturated heterocycles. The smallest absolute Gasteiger partial charge is 0.227 e. The summed E-state index contributed by atoms with van der Waals surface area (Å²) >= 11 is 0. The van der Waals surface area contributed by atoms with Gasteiger partial charge in [0.15, 0.2) is 5.65 Å². The molecule has 10 heteroatoms. The quantitative estimate of drug-likeness (QED) is 0.311. The van der Waals surface area contributed by atoms with Gasteiger partial charge in [-0.25, -0.2) is 9.67 Å². The number of hydrogen-bond acceptors (Lipinski definition) is 8. The molecule has 1 aliphatic rings. The molecule has 0 aliphatic carbocycles. The zero-order chi connectivity index (χ0) is 24.7. The van der Waals surface area contributed by atoms with E-state index in [1.165, 1.54) is 0 Å². The molecular weight excluding hydrogens is 454 g/mol. The first kappa shape index (κ1) is 24.4. The first-order chi connectivity index (χ1) is 17.7. The normalized spacial score (nSPS) is 14.6. The van der Waals surface area contributed by atoms with E-state index in [2.05, 4.69) is 51.7 Å². The van der Waals surface area contributed by atoms with Gasteiger partial charge in [-0.15, -0.1) is 0 Å². The summed E-state index contributed by atoms with van der Waals surface area (Å²) in [5, 5.41) is 16.0. The van der Waals surface area contributed by atoms with Gasteiger partial charge in [0.05, 0.1) is 31.6 Å². The third kappa shape index (κ3) is 5.72.